The van der Waals surface area contributed by atoms with Crippen LogP contribution in [-0.4, -0.2) is 18.9 Å². The summed E-state index contributed by atoms with van der Waals surface area (Å²) in [6, 6.07) is 13.8. The van der Waals surface area contributed by atoms with Crippen LogP contribution in [0.3, 0.4) is 0 Å². The van der Waals surface area contributed by atoms with E-state index in [4.69, 9.17) is 9.47 Å². The van der Waals surface area contributed by atoms with E-state index in [-0.39, 0.29) is 5.78 Å². The lowest BCUT2D eigenvalue weighted by atomic mass is 10.1. The van der Waals surface area contributed by atoms with Crippen molar-refractivity contribution >= 4 is 17.8 Å². The van der Waals surface area contributed by atoms with E-state index < -0.39 is 5.97 Å². The van der Waals surface area contributed by atoms with Gasteiger partial charge in [-0.3, -0.25) is 4.79 Å². The summed E-state index contributed by atoms with van der Waals surface area (Å²) in [5.74, 6) is 0.742. The second-order valence-corrected chi connectivity index (χ2v) is 4.83. The van der Waals surface area contributed by atoms with Gasteiger partial charge in [0.1, 0.15) is 11.5 Å². The van der Waals surface area contributed by atoms with Gasteiger partial charge in [0.05, 0.1) is 7.11 Å². The minimum atomic E-state index is -0.476. The zero-order chi connectivity index (χ0) is 16.7. The first-order valence-electron chi connectivity index (χ1n) is 7.29. The topological polar surface area (TPSA) is 52.6 Å². The van der Waals surface area contributed by atoms with Crippen LogP contribution < -0.4 is 9.47 Å². The predicted octanol–water partition coefficient (Wildman–Crippen LogP) is 3.91. The summed E-state index contributed by atoms with van der Waals surface area (Å²) in [4.78, 5) is 23.3. The van der Waals surface area contributed by atoms with Crippen LogP contribution >= 0.6 is 0 Å². The van der Waals surface area contributed by atoms with Crippen molar-refractivity contribution in [1.29, 1.82) is 0 Å². The smallest absolute Gasteiger partial charge is 0.336 e. The van der Waals surface area contributed by atoms with Crippen LogP contribution in [0.2, 0.25) is 0 Å². The molecule has 2 aromatic rings. The fraction of sp³-hybridized carbons (Fsp3) is 0.158. The van der Waals surface area contributed by atoms with Gasteiger partial charge in [0.2, 0.25) is 0 Å². The molecule has 0 fully saturated rings. The van der Waals surface area contributed by atoms with Gasteiger partial charge in [0, 0.05) is 18.1 Å². The van der Waals surface area contributed by atoms with Crippen LogP contribution in [0.4, 0.5) is 0 Å². The Kier molecular flexibility index (Phi) is 5.69. The molecule has 0 heterocycles. The molecule has 0 bridgehead atoms. The molecule has 0 amide bonds. The van der Waals surface area contributed by atoms with Crippen molar-refractivity contribution in [3.05, 3.63) is 65.7 Å². The number of esters is 1. The number of ether oxygens (including phenoxy) is 2. The molecule has 0 aliphatic heterocycles. The molecule has 0 aliphatic rings. The maximum atomic E-state index is 11.8. The van der Waals surface area contributed by atoms with Crippen LogP contribution in [0, 0.1) is 0 Å². The Morgan fingerprint density at radius 3 is 2.13 bits per heavy atom. The SMILES string of the molecule is CCC(=O)c1ccc(OC(=O)/C=C/c2ccc(OC)cc2)cc1. The Balaban J connectivity index is 1.95. The predicted molar refractivity (Wildman–Crippen MR) is 88.7 cm³/mol. The molecule has 0 aromatic heterocycles. The van der Waals surface area contributed by atoms with Gasteiger partial charge in [0.25, 0.3) is 0 Å². The third-order valence-corrected chi connectivity index (χ3v) is 3.24. The average Bonchev–Trinajstić information content (AvgIpc) is 2.60. The summed E-state index contributed by atoms with van der Waals surface area (Å²) >= 11 is 0. The third kappa shape index (κ3) is 4.81. The summed E-state index contributed by atoms with van der Waals surface area (Å²) in [6.45, 7) is 1.81. The molecule has 0 unspecified atom stereocenters. The molecule has 0 radical (unpaired) electrons. The van der Waals surface area contributed by atoms with E-state index in [1.165, 1.54) is 6.08 Å². The lowest BCUT2D eigenvalue weighted by Gasteiger charge is -2.03. The molecule has 2 rings (SSSR count). The Labute approximate surface area is 135 Å². The molecule has 118 valence electrons. The molecule has 4 heteroatoms. The number of hydrogen-bond donors (Lipinski definition) is 0. The van der Waals surface area contributed by atoms with E-state index in [0.29, 0.717) is 17.7 Å². The van der Waals surface area contributed by atoms with Gasteiger partial charge < -0.3 is 9.47 Å². The maximum absolute atomic E-state index is 11.8. The van der Waals surface area contributed by atoms with Crippen molar-refractivity contribution in [3.8, 4) is 11.5 Å². The number of carbonyl (C=O) groups excluding carboxylic acids is 2. The molecule has 0 saturated heterocycles. The molecule has 2 aromatic carbocycles. The molecule has 0 N–H and O–H groups in total. The number of benzene rings is 2. The fourth-order valence-electron chi connectivity index (χ4n) is 1.94. The zero-order valence-corrected chi connectivity index (χ0v) is 13.1. The number of rotatable bonds is 6. The number of Topliss-reactive ketones (excluding diaryl/α,β-unsaturated/α-hetero) is 1. The van der Waals surface area contributed by atoms with E-state index in [0.717, 1.165) is 11.3 Å². The van der Waals surface area contributed by atoms with Crippen LogP contribution in [0.25, 0.3) is 6.08 Å². The van der Waals surface area contributed by atoms with Crippen LogP contribution in [0.5, 0.6) is 11.5 Å². The van der Waals surface area contributed by atoms with Crippen LogP contribution in [-0.2, 0) is 4.79 Å². The van der Waals surface area contributed by atoms with E-state index in [1.807, 2.05) is 24.3 Å². The lowest BCUT2D eigenvalue weighted by Crippen LogP contribution is -2.04. The zero-order valence-electron chi connectivity index (χ0n) is 13.1. The van der Waals surface area contributed by atoms with Gasteiger partial charge >= 0.3 is 5.97 Å². The van der Waals surface area contributed by atoms with Gasteiger partial charge in [-0.25, -0.2) is 4.79 Å². The van der Waals surface area contributed by atoms with Crippen molar-refractivity contribution in [2.75, 3.05) is 7.11 Å². The Morgan fingerprint density at radius 1 is 0.957 bits per heavy atom. The van der Waals surface area contributed by atoms with Gasteiger partial charge in [0.15, 0.2) is 5.78 Å². The monoisotopic (exact) mass is 310 g/mol. The number of hydrogen-bond acceptors (Lipinski definition) is 4. The number of carbonyl (C=O) groups is 2. The first-order chi connectivity index (χ1) is 11.1. The molecule has 0 atom stereocenters. The van der Waals surface area contributed by atoms with Crippen LogP contribution in [0.1, 0.15) is 29.3 Å². The highest BCUT2D eigenvalue weighted by Crippen LogP contribution is 2.15. The van der Waals surface area contributed by atoms with Crippen molar-refractivity contribution in [2.24, 2.45) is 0 Å². The van der Waals surface area contributed by atoms with Crippen molar-refractivity contribution in [1.82, 2.24) is 0 Å². The first kappa shape index (κ1) is 16.5. The van der Waals surface area contributed by atoms with E-state index in [2.05, 4.69) is 0 Å². The number of methoxy groups -OCH3 is 1. The first-order valence-corrected chi connectivity index (χ1v) is 7.29. The fourth-order valence-corrected chi connectivity index (χ4v) is 1.94. The second kappa shape index (κ2) is 7.94. The molecule has 0 saturated carbocycles. The third-order valence-electron chi connectivity index (χ3n) is 3.24. The normalized spacial score (nSPS) is 10.5. The highest BCUT2D eigenvalue weighted by Gasteiger charge is 2.04. The summed E-state index contributed by atoms with van der Waals surface area (Å²) in [5.41, 5.74) is 1.48. The average molecular weight is 310 g/mol. The Morgan fingerprint density at radius 2 is 1.57 bits per heavy atom. The minimum absolute atomic E-state index is 0.0577. The summed E-state index contributed by atoms with van der Waals surface area (Å²) in [5, 5.41) is 0. The minimum Gasteiger partial charge on any atom is -0.497 e. The molecule has 0 aliphatic carbocycles. The van der Waals surface area contributed by atoms with E-state index in [9.17, 15) is 9.59 Å². The van der Waals surface area contributed by atoms with Crippen molar-refractivity contribution in [2.45, 2.75) is 13.3 Å². The van der Waals surface area contributed by atoms with Crippen LogP contribution in [0.15, 0.2) is 54.6 Å². The summed E-state index contributed by atoms with van der Waals surface area (Å²) in [7, 11) is 1.60. The molecular formula is C19H18O4. The molecule has 0 spiro atoms. The lowest BCUT2D eigenvalue weighted by molar-refractivity contribution is -0.128. The Hall–Kier alpha value is -2.88. The quantitative estimate of drug-likeness (QED) is 0.351. The van der Waals surface area contributed by atoms with E-state index in [1.54, 1.807) is 44.4 Å². The number of ketones is 1. The van der Waals surface area contributed by atoms with Crippen molar-refractivity contribution < 1.29 is 19.1 Å². The van der Waals surface area contributed by atoms with Gasteiger partial charge in [-0.1, -0.05) is 19.1 Å². The molecular weight excluding hydrogens is 292 g/mol. The largest absolute Gasteiger partial charge is 0.497 e. The van der Waals surface area contributed by atoms with E-state index >= 15 is 0 Å². The summed E-state index contributed by atoms with van der Waals surface area (Å²) in [6.07, 6.45) is 3.47. The van der Waals surface area contributed by atoms with Gasteiger partial charge in [-0.05, 0) is 48.0 Å². The maximum Gasteiger partial charge on any atom is 0.336 e. The Bertz CT molecular complexity index is 697. The van der Waals surface area contributed by atoms with Gasteiger partial charge in [-0.2, -0.15) is 0 Å². The standard InChI is InChI=1S/C19H18O4/c1-3-18(20)15-7-11-17(12-8-15)23-19(21)13-6-14-4-9-16(22-2)10-5-14/h4-13H,3H2,1-2H3/b13-6+. The van der Waals surface area contributed by atoms with Gasteiger partial charge in [-0.15, -0.1) is 0 Å². The highest BCUT2D eigenvalue weighted by molar-refractivity contribution is 5.96. The van der Waals surface area contributed by atoms with Crippen molar-refractivity contribution in [3.63, 3.8) is 0 Å². The molecule has 4 nitrogen and oxygen atoms in total. The summed E-state index contributed by atoms with van der Waals surface area (Å²) < 4.78 is 10.3. The molecule has 23 heavy (non-hydrogen) atoms. The highest BCUT2D eigenvalue weighted by atomic mass is 16.5. The second-order valence-electron chi connectivity index (χ2n) is 4.83.